The number of hydrogen-bond donors (Lipinski definition) is 1. The van der Waals surface area contributed by atoms with E-state index in [1.807, 2.05) is 48.5 Å². The molecule has 2 nitrogen and oxygen atoms in total. The van der Waals surface area contributed by atoms with E-state index in [9.17, 15) is 4.79 Å². The molecule has 0 spiro atoms. The van der Waals surface area contributed by atoms with Crippen LogP contribution in [-0.2, 0) is 11.8 Å². The Bertz CT molecular complexity index is 563. The number of halogens is 1. The molecule has 0 fully saturated rings. The van der Waals surface area contributed by atoms with Crippen molar-refractivity contribution >= 4 is 27.5 Å². The summed E-state index contributed by atoms with van der Waals surface area (Å²) in [5, 5.41) is 3.75. The standard InChI is InChI=1S/C16H16BrNO/c1-2-13-5-3-4-6-15(13)16(19)18-14-9-7-12(11-17)8-10-14/h3-10H,2,11H2,1H3,(H,18,19). The molecule has 0 atom stereocenters. The van der Waals surface area contributed by atoms with Crippen molar-refractivity contribution in [2.45, 2.75) is 18.7 Å². The van der Waals surface area contributed by atoms with Gasteiger partial charge in [-0.15, -0.1) is 0 Å². The van der Waals surface area contributed by atoms with Crippen LogP contribution in [0.1, 0.15) is 28.4 Å². The minimum Gasteiger partial charge on any atom is -0.322 e. The zero-order valence-electron chi connectivity index (χ0n) is 10.8. The molecule has 3 heteroatoms. The number of rotatable bonds is 4. The van der Waals surface area contributed by atoms with Crippen LogP contribution >= 0.6 is 15.9 Å². The number of benzene rings is 2. The molecule has 0 saturated heterocycles. The fourth-order valence-corrected chi connectivity index (χ4v) is 2.30. The molecule has 0 saturated carbocycles. The van der Waals surface area contributed by atoms with E-state index in [1.54, 1.807) is 0 Å². The number of aryl methyl sites for hydroxylation is 1. The lowest BCUT2D eigenvalue weighted by Crippen LogP contribution is -2.13. The van der Waals surface area contributed by atoms with Gasteiger partial charge >= 0.3 is 0 Å². The van der Waals surface area contributed by atoms with Crippen LogP contribution in [0.2, 0.25) is 0 Å². The van der Waals surface area contributed by atoms with Crippen LogP contribution in [0, 0.1) is 0 Å². The summed E-state index contributed by atoms with van der Waals surface area (Å²) in [4.78, 5) is 12.2. The summed E-state index contributed by atoms with van der Waals surface area (Å²) in [5.41, 5.74) is 3.82. The van der Waals surface area contributed by atoms with E-state index in [4.69, 9.17) is 0 Å². The second-order valence-electron chi connectivity index (χ2n) is 4.30. The van der Waals surface area contributed by atoms with Gasteiger partial charge in [0.25, 0.3) is 5.91 Å². The molecule has 1 amide bonds. The average Bonchev–Trinajstić information content (AvgIpc) is 2.48. The van der Waals surface area contributed by atoms with Crippen molar-refractivity contribution in [3.63, 3.8) is 0 Å². The van der Waals surface area contributed by atoms with Gasteiger partial charge in [-0.2, -0.15) is 0 Å². The average molecular weight is 318 g/mol. The highest BCUT2D eigenvalue weighted by Gasteiger charge is 2.09. The first-order valence-corrected chi connectivity index (χ1v) is 7.41. The fourth-order valence-electron chi connectivity index (χ4n) is 1.93. The number of carbonyl (C=O) groups is 1. The fraction of sp³-hybridized carbons (Fsp3) is 0.188. The van der Waals surface area contributed by atoms with Gasteiger partial charge < -0.3 is 5.32 Å². The molecule has 0 aromatic heterocycles. The van der Waals surface area contributed by atoms with E-state index in [0.717, 1.165) is 28.6 Å². The third-order valence-corrected chi connectivity index (χ3v) is 3.66. The first-order chi connectivity index (χ1) is 9.24. The lowest BCUT2D eigenvalue weighted by atomic mass is 10.0. The largest absolute Gasteiger partial charge is 0.322 e. The lowest BCUT2D eigenvalue weighted by Gasteiger charge is -2.09. The summed E-state index contributed by atoms with van der Waals surface area (Å²) in [7, 11) is 0. The van der Waals surface area contributed by atoms with E-state index >= 15 is 0 Å². The Balaban J connectivity index is 2.16. The summed E-state index contributed by atoms with van der Waals surface area (Å²) >= 11 is 3.40. The van der Waals surface area contributed by atoms with E-state index in [2.05, 4.69) is 28.2 Å². The first-order valence-electron chi connectivity index (χ1n) is 6.28. The first kappa shape index (κ1) is 13.8. The molecule has 98 valence electrons. The Kier molecular flexibility index (Phi) is 4.74. The monoisotopic (exact) mass is 317 g/mol. The van der Waals surface area contributed by atoms with Gasteiger partial charge in [0, 0.05) is 16.6 Å². The molecular weight excluding hydrogens is 302 g/mol. The van der Waals surface area contributed by atoms with Gasteiger partial charge in [-0.05, 0) is 35.7 Å². The molecule has 2 rings (SSSR count). The van der Waals surface area contributed by atoms with Crippen LogP contribution < -0.4 is 5.32 Å². The Morgan fingerprint density at radius 3 is 2.42 bits per heavy atom. The zero-order valence-corrected chi connectivity index (χ0v) is 12.4. The minimum absolute atomic E-state index is 0.0518. The smallest absolute Gasteiger partial charge is 0.255 e. The Hall–Kier alpha value is -1.61. The highest BCUT2D eigenvalue weighted by Crippen LogP contribution is 2.15. The third kappa shape index (κ3) is 3.44. The quantitative estimate of drug-likeness (QED) is 0.832. The molecule has 0 bridgehead atoms. The Labute approximate surface area is 122 Å². The maximum absolute atomic E-state index is 12.2. The zero-order chi connectivity index (χ0) is 13.7. The maximum Gasteiger partial charge on any atom is 0.255 e. The molecule has 2 aromatic carbocycles. The molecule has 0 aliphatic heterocycles. The van der Waals surface area contributed by atoms with E-state index in [-0.39, 0.29) is 5.91 Å². The molecule has 19 heavy (non-hydrogen) atoms. The second kappa shape index (κ2) is 6.53. The van der Waals surface area contributed by atoms with E-state index in [1.165, 1.54) is 5.56 Å². The number of carbonyl (C=O) groups excluding carboxylic acids is 1. The van der Waals surface area contributed by atoms with Crippen LogP contribution in [0.25, 0.3) is 0 Å². The van der Waals surface area contributed by atoms with Crippen molar-refractivity contribution < 1.29 is 4.79 Å². The molecular formula is C16H16BrNO. The van der Waals surface area contributed by atoms with Crippen molar-refractivity contribution in [3.8, 4) is 0 Å². The number of hydrogen-bond acceptors (Lipinski definition) is 1. The lowest BCUT2D eigenvalue weighted by molar-refractivity contribution is 0.102. The van der Waals surface area contributed by atoms with Gasteiger partial charge in [-0.1, -0.05) is 53.2 Å². The van der Waals surface area contributed by atoms with Gasteiger partial charge in [0.15, 0.2) is 0 Å². The van der Waals surface area contributed by atoms with Crippen LogP contribution in [0.3, 0.4) is 0 Å². The maximum atomic E-state index is 12.2. The molecule has 0 aliphatic rings. The van der Waals surface area contributed by atoms with Crippen molar-refractivity contribution in [2.75, 3.05) is 5.32 Å². The third-order valence-electron chi connectivity index (χ3n) is 3.01. The number of nitrogens with one attached hydrogen (secondary N) is 1. The minimum atomic E-state index is -0.0518. The molecule has 0 heterocycles. The predicted molar refractivity (Wildman–Crippen MR) is 82.8 cm³/mol. The molecule has 0 unspecified atom stereocenters. The molecule has 2 aromatic rings. The number of anilines is 1. The highest BCUT2D eigenvalue weighted by molar-refractivity contribution is 9.08. The topological polar surface area (TPSA) is 29.1 Å². The summed E-state index contributed by atoms with van der Waals surface area (Å²) in [6.45, 7) is 2.05. The summed E-state index contributed by atoms with van der Waals surface area (Å²) in [6.07, 6.45) is 0.853. The van der Waals surface area contributed by atoms with Gasteiger partial charge in [0.2, 0.25) is 0 Å². The van der Waals surface area contributed by atoms with E-state index in [0.29, 0.717) is 0 Å². The van der Waals surface area contributed by atoms with Gasteiger partial charge in [-0.3, -0.25) is 4.79 Å². The summed E-state index contributed by atoms with van der Waals surface area (Å²) in [6, 6.07) is 15.5. The van der Waals surface area contributed by atoms with Crippen molar-refractivity contribution in [1.29, 1.82) is 0 Å². The molecule has 1 N–H and O–H groups in total. The molecule has 0 radical (unpaired) electrons. The summed E-state index contributed by atoms with van der Waals surface area (Å²) in [5.74, 6) is -0.0518. The van der Waals surface area contributed by atoms with Crippen LogP contribution in [-0.4, -0.2) is 5.91 Å². The van der Waals surface area contributed by atoms with Crippen LogP contribution in [0.15, 0.2) is 48.5 Å². The van der Waals surface area contributed by atoms with Crippen LogP contribution in [0.4, 0.5) is 5.69 Å². The van der Waals surface area contributed by atoms with Crippen molar-refractivity contribution in [3.05, 3.63) is 65.2 Å². The van der Waals surface area contributed by atoms with Gasteiger partial charge in [0.1, 0.15) is 0 Å². The SMILES string of the molecule is CCc1ccccc1C(=O)Nc1ccc(CBr)cc1. The van der Waals surface area contributed by atoms with Crippen LogP contribution in [0.5, 0.6) is 0 Å². The number of alkyl halides is 1. The van der Waals surface area contributed by atoms with Crippen molar-refractivity contribution in [1.82, 2.24) is 0 Å². The van der Waals surface area contributed by atoms with Crippen molar-refractivity contribution in [2.24, 2.45) is 0 Å². The summed E-state index contributed by atoms with van der Waals surface area (Å²) < 4.78 is 0. The Morgan fingerprint density at radius 2 is 1.79 bits per heavy atom. The Morgan fingerprint density at radius 1 is 1.11 bits per heavy atom. The second-order valence-corrected chi connectivity index (χ2v) is 4.86. The number of amides is 1. The highest BCUT2D eigenvalue weighted by atomic mass is 79.9. The predicted octanol–water partition coefficient (Wildman–Crippen LogP) is 4.40. The van der Waals surface area contributed by atoms with Gasteiger partial charge in [-0.25, -0.2) is 0 Å². The normalized spacial score (nSPS) is 10.2. The molecule has 0 aliphatic carbocycles. The van der Waals surface area contributed by atoms with E-state index < -0.39 is 0 Å². The van der Waals surface area contributed by atoms with Gasteiger partial charge in [0.05, 0.1) is 0 Å².